The zero-order chi connectivity index (χ0) is 16.7. The van der Waals surface area contributed by atoms with Crippen molar-refractivity contribution in [2.75, 3.05) is 7.11 Å². The van der Waals surface area contributed by atoms with Crippen molar-refractivity contribution in [3.05, 3.63) is 42.6 Å². The van der Waals surface area contributed by atoms with E-state index in [0.29, 0.717) is 22.5 Å². The average Bonchev–Trinajstić information content (AvgIpc) is 3.19. The number of H-pyrrole nitrogens is 1. The van der Waals surface area contributed by atoms with Gasteiger partial charge in [-0.3, -0.25) is 9.78 Å². The molecule has 0 radical (unpaired) electrons. The standard InChI is InChI=1S/C16H13FN6O/c1-23-8-9(6-19-23)14-15-11(21-22-14)7-18-16(20-15)13-10(17)4-3-5-12(13)24-2/h3-8H,1-2H3,(H,21,22). The van der Waals surface area contributed by atoms with E-state index in [0.717, 1.165) is 5.56 Å². The van der Waals surface area contributed by atoms with Gasteiger partial charge < -0.3 is 4.74 Å². The number of halogens is 1. The molecule has 1 N–H and O–H groups in total. The lowest BCUT2D eigenvalue weighted by Crippen LogP contribution is -1.96. The van der Waals surface area contributed by atoms with Gasteiger partial charge in [-0.1, -0.05) is 6.07 Å². The van der Waals surface area contributed by atoms with Crippen molar-refractivity contribution in [3.8, 4) is 28.4 Å². The van der Waals surface area contributed by atoms with E-state index in [-0.39, 0.29) is 11.4 Å². The summed E-state index contributed by atoms with van der Waals surface area (Å²) in [6, 6.07) is 4.60. The van der Waals surface area contributed by atoms with E-state index in [1.807, 2.05) is 13.2 Å². The van der Waals surface area contributed by atoms with Crippen molar-refractivity contribution in [1.82, 2.24) is 29.9 Å². The molecular weight excluding hydrogens is 311 g/mol. The van der Waals surface area contributed by atoms with E-state index in [1.54, 1.807) is 29.2 Å². The summed E-state index contributed by atoms with van der Waals surface area (Å²) in [6.07, 6.45) is 5.11. The van der Waals surface area contributed by atoms with Gasteiger partial charge in [-0.15, -0.1) is 0 Å². The van der Waals surface area contributed by atoms with Crippen molar-refractivity contribution in [2.45, 2.75) is 0 Å². The zero-order valence-electron chi connectivity index (χ0n) is 13.0. The second-order valence-electron chi connectivity index (χ2n) is 5.25. The molecule has 120 valence electrons. The molecule has 4 rings (SSSR count). The van der Waals surface area contributed by atoms with Crippen LogP contribution in [0, 0.1) is 5.82 Å². The number of nitrogens with zero attached hydrogens (tertiary/aromatic N) is 5. The van der Waals surface area contributed by atoms with Gasteiger partial charge in [0, 0.05) is 18.8 Å². The van der Waals surface area contributed by atoms with Crippen LogP contribution in [-0.4, -0.2) is 37.1 Å². The summed E-state index contributed by atoms with van der Waals surface area (Å²) in [5.41, 5.74) is 2.93. The van der Waals surface area contributed by atoms with E-state index in [4.69, 9.17) is 4.74 Å². The summed E-state index contributed by atoms with van der Waals surface area (Å²) in [4.78, 5) is 8.73. The predicted molar refractivity (Wildman–Crippen MR) is 85.8 cm³/mol. The number of ether oxygens (including phenoxy) is 1. The van der Waals surface area contributed by atoms with Crippen molar-refractivity contribution < 1.29 is 9.13 Å². The molecule has 0 atom stereocenters. The average molecular weight is 324 g/mol. The Balaban J connectivity index is 1.93. The maximum Gasteiger partial charge on any atom is 0.166 e. The Hall–Kier alpha value is -3.29. The molecule has 0 aliphatic heterocycles. The fourth-order valence-corrected chi connectivity index (χ4v) is 2.57. The lowest BCUT2D eigenvalue weighted by Gasteiger charge is -2.08. The third kappa shape index (κ3) is 2.19. The molecule has 0 fully saturated rings. The minimum Gasteiger partial charge on any atom is -0.496 e. The molecule has 3 heterocycles. The Morgan fingerprint density at radius 3 is 2.88 bits per heavy atom. The van der Waals surface area contributed by atoms with Gasteiger partial charge in [0.05, 0.1) is 25.1 Å². The molecule has 3 aromatic heterocycles. The molecule has 1 aromatic carbocycles. The first kappa shape index (κ1) is 14.3. The third-order valence-corrected chi connectivity index (χ3v) is 3.70. The Labute approximate surface area is 136 Å². The van der Waals surface area contributed by atoms with Gasteiger partial charge in [0.2, 0.25) is 0 Å². The highest BCUT2D eigenvalue weighted by Crippen LogP contribution is 2.32. The van der Waals surface area contributed by atoms with Gasteiger partial charge in [-0.05, 0) is 12.1 Å². The van der Waals surface area contributed by atoms with Crippen LogP contribution in [0.2, 0.25) is 0 Å². The number of hydrogen-bond acceptors (Lipinski definition) is 5. The molecule has 0 aliphatic rings. The fourth-order valence-electron chi connectivity index (χ4n) is 2.57. The highest BCUT2D eigenvalue weighted by Gasteiger charge is 2.18. The van der Waals surface area contributed by atoms with E-state index >= 15 is 0 Å². The minimum atomic E-state index is -0.444. The third-order valence-electron chi connectivity index (χ3n) is 3.70. The molecule has 0 spiro atoms. The smallest absolute Gasteiger partial charge is 0.166 e. The highest BCUT2D eigenvalue weighted by molar-refractivity contribution is 5.90. The number of fused-ring (bicyclic) bond motifs is 1. The normalized spacial score (nSPS) is 11.1. The predicted octanol–water partition coefficient (Wildman–Crippen LogP) is 2.57. The molecule has 0 saturated heterocycles. The van der Waals surface area contributed by atoms with E-state index in [9.17, 15) is 4.39 Å². The summed E-state index contributed by atoms with van der Waals surface area (Å²) >= 11 is 0. The van der Waals surface area contributed by atoms with Crippen LogP contribution in [0.15, 0.2) is 36.8 Å². The Kier molecular flexibility index (Phi) is 3.23. The highest BCUT2D eigenvalue weighted by atomic mass is 19.1. The molecule has 0 saturated carbocycles. The van der Waals surface area contributed by atoms with Crippen LogP contribution < -0.4 is 4.74 Å². The van der Waals surface area contributed by atoms with Crippen LogP contribution in [0.4, 0.5) is 4.39 Å². The molecule has 4 aromatic rings. The maximum absolute atomic E-state index is 14.3. The Morgan fingerprint density at radius 2 is 2.12 bits per heavy atom. The molecule has 24 heavy (non-hydrogen) atoms. The van der Waals surface area contributed by atoms with Gasteiger partial charge in [-0.2, -0.15) is 10.2 Å². The molecule has 0 aliphatic carbocycles. The molecule has 0 amide bonds. The summed E-state index contributed by atoms with van der Waals surface area (Å²) in [7, 11) is 3.30. The number of benzene rings is 1. The topological polar surface area (TPSA) is 81.5 Å². The van der Waals surface area contributed by atoms with Crippen LogP contribution in [0.3, 0.4) is 0 Å². The molecular formula is C16H13FN6O. The van der Waals surface area contributed by atoms with E-state index in [1.165, 1.54) is 13.2 Å². The molecule has 8 heteroatoms. The van der Waals surface area contributed by atoms with Crippen LogP contribution in [0.1, 0.15) is 0 Å². The van der Waals surface area contributed by atoms with Gasteiger partial charge >= 0.3 is 0 Å². The first-order valence-corrected chi connectivity index (χ1v) is 7.20. The van der Waals surface area contributed by atoms with Gasteiger partial charge in [-0.25, -0.2) is 14.4 Å². The van der Waals surface area contributed by atoms with E-state index < -0.39 is 5.82 Å². The summed E-state index contributed by atoms with van der Waals surface area (Å²) in [6.45, 7) is 0. The number of aromatic amines is 1. The number of aryl methyl sites for hydroxylation is 1. The summed E-state index contributed by atoms with van der Waals surface area (Å²) in [5.74, 6) is 0.171. The summed E-state index contributed by atoms with van der Waals surface area (Å²) < 4.78 is 21.2. The Morgan fingerprint density at radius 1 is 1.25 bits per heavy atom. The second-order valence-corrected chi connectivity index (χ2v) is 5.25. The van der Waals surface area contributed by atoms with Crippen LogP contribution in [0.25, 0.3) is 33.7 Å². The molecule has 0 unspecified atom stereocenters. The monoisotopic (exact) mass is 324 g/mol. The van der Waals surface area contributed by atoms with Crippen LogP contribution >= 0.6 is 0 Å². The number of methoxy groups -OCH3 is 1. The SMILES string of the molecule is COc1cccc(F)c1-c1ncc2[nH]nc(-c3cnn(C)c3)c2n1. The quantitative estimate of drug-likeness (QED) is 0.626. The van der Waals surface area contributed by atoms with Crippen molar-refractivity contribution >= 4 is 11.0 Å². The van der Waals surface area contributed by atoms with Gasteiger partial charge in [0.25, 0.3) is 0 Å². The minimum absolute atomic E-state index is 0.222. The first-order valence-electron chi connectivity index (χ1n) is 7.20. The lowest BCUT2D eigenvalue weighted by molar-refractivity contribution is 0.413. The van der Waals surface area contributed by atoms with Gasteiger partial charge in [0.1, 0.15) is 28.3 Å². The molecule has 0 bridgehead atoms. The lowest BCUT2D eigenvalue weighted by atomic mass is 10.1. The Bertz CT molecular complexity index is 1040. The molecule has 7 nitrogen and oxygen atoms in total. The number of nitrogens with one attached hydrogen (secondary N) is 1. The number of aromatic nitrogens is 6. The van der Waals surface area contributed by atoms with Gasteiger partial charge in [0.15, 0.2) is 5.82 Å². The fraction of sp³-hybridized carbons (Fsp3) is 0.125. The second kappa shape index (κ2) is 5.41. The van der Waals surface area contributed by atoms with E-state index in [2.05, 4.69) is 25.3 Å². The van der Waals surface area contributed by atoms with Crippen LogP contribution in [-0.2, 0) is 7.05 Å². The maximum atomic E-state index is 14.3. The van der Waals surface area contributed by atoms with Crippen molar-refractivity contribution in [3.63, 3.8) is 0 Å². The van der Waals surface area contributed by atoms with Crippen molar-refractivity contribution in [2.24, 2.45) is 7.05 Å². The largest absolute Gasteiger partial charge is 0.496 e. The van der Waals surface area contributed by atoms with Crippen molar-refractivity contribution in [1.29, 1.82) is 0 Å². The summed E-state index contributed by atoms with van der Waals surface area (Å²) in [5, 5.41) is 11.3. The number of hydrogen-bond donors (Lipinski definition) is 1. The zero-order valence-corrected chi connectivity index (χ0v) is 13.0. The first-order chi connectivity index (χ1) is 11.7. The van der Waals surface area contributed by atoms with Crippen LogP contribution in [0.5, 0.6) is 5.75 Å². The number of rotatable bonds is 3.